The molecule has 0 radical (unpaired) electrons. The van der Waals surface area contributed by atoms with E-state index in [1.54, 1.807) is 12.1 Å². The third kappa shape index (κ3) is 5.47. The maximum Gasteiger partial charge on any atom is 0.251 e. The Balaban J connectivity index is 1.74. The van der Waals surface area contributed by atoms with Crippen molar-refractivity contribution < 1.29 is 23.4 Å². The zero-order valence-electron chi connectivity index (χ0n) is 17.7. The van der Waals surface area contributed by atoms with Crippen molar-refractivity contribution in [2.24, 2.45) is 0 Å². The molecule has 1 aliphatic heterocycles. The summed E-state index contributed by atoms with van der Waals surface area (Å²) in [5.74, 6) is 2.32. The summed E-state index contributed by atoms with van der Waals surface area (Å²) in [6, 6.07) is 7.07. The average Bonchev–Trinajstić information content (AvgIpc) is 3.19. The van der Waals surface area contributed by atoms with Crippen LogP contribution in [0.4, 0.5) is 0 Å². The van der Waals surface area contributed by atoms with Gasteiger partial charge in [0.2, 0.25) is 0 Å². The van der Waals surface area contributed by atoms with Crippen molar-refractivity contribution in [2.75, 3.05) is 46.6 Å². The fourth-order valence-corrected chi connectivity index (χ4v) is 3.68. The Morgan fingerprint density at radius 1 is 1.30 bits per heavy atom. The summed E-state index contributed by atoms with van der Waals surface area (Å²) in [4.78, 5) is 15.1. The number of hydrogen-bond acceptors (Lipinski definition) is 6. The van der Waals surface area contributed by atoms with Crippen LogP contribution in [0.3, 0.4) is 0 Å². The highest BCUT2D eigenvalue weighted by molar-refractivity contribution is 6.32. The van der Waals surface area contributed by atoms with Crippen molar-refractivity contribution in [1.29, 1.82) is 0 Å². The SMILES string of the molecule is CCCOc1c(Cl)cc(C(=O)NCC(c2ccc(C)o2)N2CCOCC2)cc1OC. The number of benzene rings is 1. The van der Waals surface area contributed by atoms with Crippen LogP contribution in [0.2, 0.25) is 5.02 Å². The van der Waals surface area contributed by atoms with Crippen molar-refractivity contribution in [1.82, 2.24) is 10.2 Å². The molecule has 30 heavy (non-hydrogen) atoms. The standard InChI is InChI=1S/C22H29ClN2O5/c1-4-9-29-21-17(23)12-16(13-20(21)27-3)22(26)24-14-18(19-6-5-15(2)30-19)25-7-10-28-11-8-25/h5-6,12-13,18H,4,7-11,14H2,1-3H3,(H,24,26). The van der Waals surface area contributed by atoms with Gasteiger partial charge in [-0.25, -0.2) is 0 Å². The lowest BCUT2D eigenvalue weighted by molar-refractivity contribution is 0.0117. The number of aryl methyl sites for hydroxylation is 1. The van der Waals surface area contributed by atoms with Gasteiger partial charge < -0.3 is 23.9 Å². The van der Waals surface area contributed by atoms with Gasteiger partial charge in [0.15, 0.2) is 11.5 Å². The van der Waals surface area contributed by atoms with Crippen LogP contribution in [-0.2, 0) is 4.74 Å². The Morgan fingerprint density at radius 3 is 2.70 bits per heavy atom. The van der Waals surface area contributed by atoms with Gasteiger partial charge in [0.05, 0.1) is 38.0 Å². The van der Waals surface area contributed by atoms with E-state index in [2.05, 4.69) is 10.2 Å². The Labute approximate surface area is 182 Å². The first-order valence-corrected chi connectivity index (χ1v) is 10.6. The second-order valence-corrected chi connectivity index (χ2v) is 7.57. The summed E-state index contributed by atoms with van der Waals surface area (Å²) in [7, 11) is 1.53. The molecule has 1 N–H and O–H groups in total. The molecule has 0 aliphatic carbocycles. The fourth-order valence-electron chi connectivity index (χ4n) is 3.42. The molecule has 8 heteroatoms. The molecule has 0 saturated carbocycles. The molecule has 2 heterocycles. The van der Waals surface area contributed by atoms with Crippen LogP contribution in [0.25, 0.3) is 0 Å². The summed E-state index contributed by atoms with van der Waals surface area (Å²) >= 11 is 6.35. The van der Waals surface area contributed by atoms with Crippen LogP contribution in [-0.4, -0.2) is 57.4 Å². The van der Waals surface area contributed by atoms with E-state index in [4.69, 9.17) is 30.2 Å². The van der Waals surface area contributed by atoms with Crippen LogP contribution in [0.5, 0.6) is 11.5 Å². The Hall–Kier alpha value is -2.22. The largest absolute Gasteiger partial charge is 0.493 e. The molecular weight excluding hydrogens is 408 g/mol. The zero-order chi connectivity index (χ0) is 21.5. The van der Waals surface area contributed by atoms with Crippen LogP contribution in [0, 0.1) is 6.92 Å². The van der Waals surface area contributed by atoms with Gasteiger partial charge in [-0.3, -0.25) is 9.69 Å². The van der Waals surface area contributed by atoms with Crippen LogP contribution in [0.1, 0.15) is 41.3 Å². The zero-order valence-corrected chi connectivity index (χ0v) is 18.5. The Bertz CT molecular complexity index is 848. The number of halogens is 1. The van der Waals surface area contributed by atoms with Gasteiger partial charge in [0, 0.05) is 25.2 Å². The molecule has 2 aromatic rings. The van der Waals surface area contributed by atoms with E-state index in [1.165, 1.54) is 7.11 Å². The molecule has 164 valence electrons. The van der Waals surface area contributed by atoms with E-state index < -0.39 is 0 Å². The molecule has 1 aromatic carbocycles. The molecule has 1 saturated heterocycles. The third-order valence-corrected chi connectivity index (χ3v) is 5.25. The minimum atomic E-state index is -0.237. The Morgan fingerprint density at radius 2 is 2.07 bits per heavy atom. The second-order valence-electron chi connectivity index (χ2n) is 7.16. The smallest absolute Gasteiger partial charge is 0.251 e. The van der Waals surface area contributed by atoms with Gasteiger partial charge in [-0.1, -0.05) is 18.5 Å². The van der Waals surface area contributed by atoms with E-state index in [0.717, 1.165) is 31.0 Å². The number of amides is 1. The maximum atomic E-state index is 12.9. The number of ether oxygens (including phenoxy) is 3. The molecule has 7 nitrogen and oxygen atoms in total. The number of carbonyl (C=O) groups excluding carboxylic acids is 1. The lowest BCUT2D eigenvalue weighted by Gasteiger charge is -2.33. The quantitative estimate of drug-likeness (QED) is 0.643. The predicted octanol–water partition coefficient (Wildman–Crippen LogP) is 3.84. The molecule has 1 fully saturated rings. The van der Waals surface area contributed by atoms with Gasteiger partial charge in [0.1, 0.15) is 11.5 Å². The number of furan rings is 1. The molecule has 1 unspecified atom stereocenters. The van der Waals surface area contributed by atoms with Crippen molar-refractivity contribution in [2.45, 2.75) is 26.3 Å². The Kier molecular flexibility index (Phi) is 8.01. The van der Waals surface area contributed by atoms with Crippen LogP contribution in [0.15, 0.2) is 28.7 Å². The predicted molar refractivity (Wildman–Crippen MR) is 115 cm³/mol. The maximum absolute atomic E-state index is 12.9. The lowest BCUT2D eigenvalue weighted by atomic mass is 10.1. The van der Waals surface area contributed by atoms with Gasteiger partial charge in [0.25, 0.3) is 5.91 Å². The molecule has 0 bridgehead atoms. The normalized spacial score (nSPS) is 15.6. The summed E-state index contributed by atoms with van der Waals surface area (Å²) in [5, 5.41) is 3.36. The molecular formula is C22H29ClN2O5. The van der Waals surface area contributed by atoms with E-state index in [0.29, 0.717) is 48.5 Å². The van der Waals surface area contributed by atoms with Crippen LogP contribution >= 0.6 is 11.6 Å². The second kappa shape index (κ2) is 10.7. The van der Waals surface area contributed by atoms with Gasteiger partial charge >= 0.3 is 0 Å². The number of hydrogen-bond donors (Lipinski definition) is 1. The highest BCUT2D eigenvalue weighted by Gasteiger charge is 2.26. The highest BCUT2D eigenvalue weighted by atomic mass is 35.5. The first kappa shape index (κ1) is 22.5. The topological polar surface area (TPSA) is 73.2 Å². The fraction of sp³-hybridized carbons (Fsp3) is 0.500. The average molecular weight is 437 g/mol. The number of nitrogens with zero attached hydrogens (tertiary/aromatic N) is 1. The molecule has 1 atom stereocenters. The van der Waals surface area contributed by atoms with E-state index in [-0.39, 0.29) is 11.9 Å². The monoisotopic (exact) mass is 436 g/mol. The molecule has 0 spiro atoms. The van der Waals surface area contributed by atoms with Crippen molar-refractivity contribution in [3.05, 3.63) is 46.4 Å². The summed E-state index contributed by atoms with van der Waals surface area (Å²) in [6.07, 6.45) is 0.844. The van der Waals surface area contributed by atoms with Crippen molar-refractivity contribution in [3.8, 4) is 11.5 Å². The summed E-state index contributed by atoms with van der Waals surface area (Å²) in [6.45, 7) is 7.73. The van der Waals surface area contributed by atoms with Gasteiger partial charge in [-0.15, -0.1) is 0 Å². The van der Waals surface area contributed by atoms with E-state index in [1.807, 2.05) is 26.0 Å². The first-order chi connectivity index (χ1) is 14.5. The number of nitrogens with one attached hydrogen (secondary N) is 1. The highest BCUT2D eigenvalue weighted by Crippen LogP contribution is 2.36. The summed E-state index contributed by atoms with van der Waals surface area (Å²) < 4.78 is 22.4. The third-order valence-electron chi connectivity index (χ3n) is 4.97. The number of rotatable bonds is 9. The minimum Gasteiger partial charge on any atom is -0.493 e. The van der Waals surface area contributed by atoms with Crippen molar-refractivity contribution >= 4 is 17.5 Å². The van der Waals surface area contributed by atoms with Gasteiger partial charge in [-0.05, 0) is 37.6 Å². The number of carbonyl (C=O) groups is 1. The molecule has 1 aromatic heterocycles. The van der Waals surface area contributed by atoms with Crippen LogP contribution < -0.4 is 14.8 Å². The minimum absolute atomic E-state index is 0.0731. The molecule has 3 rings (SSSR count). The molecule has 1 aliphatic rings. The molecule has 1 amide bonds. The summed E-state index contributed by atoms with van der Waals surface area (Å²) in [5.41, 5.74) is 0.414. The van der Waals surface area contributed by atoms with Gasteiger partial charge in [-0.2, -0.15) is 0 Å². The van der Waals surface area contributed by atoms with Crippen molar-refractivity contribution in [3.63, 3.8) is 0 Å². The number of morpholine rings is 1. The van der Waals surface area contributed by atoms with E-state index >= 15 is 0 Å². The number of methoxy groups -OCH3 is 1. The lowest BCUT2D eigenvalue weighted by Crippen LogP contribution is -2.43. The van der Waals surface area contributed by atoms with E-state index in [9.17, 15) is 4.79 Å². The first-order valence-electron chi connectivity index (χ1n) is 10.2.